The Labute approximate surface area is 121 Å². The van der Waals surface area contributed by atoms with Crippen molar-refractivity contribution in [2.24, 2.45) is 0 Å². The number of benzene rings is 1. The van der Waals surface area contributed by atoms with Crippen LogP contribution in [0.25, 0.3) is 0 Å². The van der Waals surface area contributed by atoms with Gasteiger partial charge >= 0.3 is 0 Å². The number of anilines is 1. The Balaban J connectivity index is 1.91. The first-order valence-corrected chi connectivity index (χ1v) is 6.90. The van der Waals surface area contributed by atoms with Crippen LogP contribution in [0.3, 0.4) is 0 Å². The fraction of sp³-hybridized carbons (Fsp3) is 0.200. The molecule has 98 valence electrons. The van der Waals surface area contributed by atoms with Crippen molar-refractivity contribution in [2.45, 2.75) is 19.8 Å². The van der Waals surface area contributed by atoms with E-state index in [0.29, 0.717) is 12.8 Å². The first kappa shape index (κ1) is 13.7. The molecule has 0 unspecified atom stereocenters. The summed E-state index contributed by atoms with van der Waals surface area (Å²) in [5.74, 6) is 0.0103. The van der Waals surface area contributed by atoms with Crippen molar-refractivity contribution < 1.29 is 4.79 Å². The van der Waals surface area contributed by atoms with Gasteiger partial charge in [-0.2, -0.15) is 0 Å². The number of nitrogens with one attached hydrogen (secondary N) is 1. The van der Waals surface area contributed by atoms with Crippen molar-refractivity contribution in [1.29, 1.82) is 0 Å². The van der Waals surface area contributed by atoms with Crippen LogP contribution in [0.2, 0.25) is 0 Å². The Kier molecular flexibility index (Phi) is 4.68. The van der Waals surface area contributed by atoms with Crippen LogP contribution in [0.5, 0.6) is 0 Å². The molecule has 4 heteroatoms. The number of amides is 1. The highest BCUT2D eigenvalue weighted by molar-refractivity contribution is 9.10. The van der Waals surface area contributed by atoms with Crippen LogP contribution in [0, 0.1) is 6.92 Å². The summed E-state index contributed by atoms with van der Waals surface area (Å²) in [6.07, 6.45) is 2.83. The van der Waals surface area contributed by atoms with Crippen LogP contribution in [0.15, 0.2) is 47.1 Å². The average molecular weight is 319 g/mol. The van der Waals surface area contributed by atoms with Gasteiger partial charge in [-0.3, -0.25) is 9.78 Å². The molecule has 1 N–H and O–H groups in total. The largest absolute Gasteiger partial charge is 0.326 e. The van der Waals surface area contributed by atoms with Crippen molar-refractivity contribution >= 4 is 27.5 Å². The third kappa shape index (κ3) is 4.17. The molecule has 0 fully saturated rings. The second-order valence-corrected chi connectivity index (χ2v) is 5.24. The fourth-order valence-corrected chi connectivity index (χ4v) is 2.24. The maximum absolute atomic E-state index is 11.9. The van der Waals surface area contributed by atoms with Crippen LogP contribution in [-0.4, -0.2) is 10.9 Å². The van der Waals surface area contributed by atoms with Gasteiger partial charge in [-0.1, -0.05) is 22.0 Å². The van der Waals surface area contributed by atoms with E-state index in [-0.39, 0.29) is 5.91 Å². The van der Waals surface area contributed by atoms with Gasteiger partial charge in [0.15, 0.2) is 0 Å². The minimum atomic E-state index is 0.0103. The lowest BCUT2D eigenvalue weighted by Crippen LogP contribution is -2.13. The third-order valence-corrected chi connectivity index (χ3v) is 3.29. The lowest BCUT2D eigenvalue weighted by molar-refractivity contribution is -0.116. The molecule has 0 radical (unpaired) electrons. The zero-order valence-electron chi connectivity index (χ0n) is 10.7. The van der Waals surface area contributed by atoms with Crippen molar-refractivity contribution in [3.8, 4) is 0 Å². The van der Waals surface area contributed by atoms with E-state index in [2.05, 4.69) is 26.2 Å². The lowest BCUT2D eigenvalue weighted by Gasteiger charge is -2.08. The summed E-state index contributed by atoms with van der Waals surface area (Å²) in [6, 6.07) is 11.5. The second kappa shape index (κ2) is 6.48. The Hall–Kier alpha value is -1.68. The SMILES string of the molecule is Cc1cc(Br)ccc1NC(=O)CCc1ccccn1. The van der Waals surface area contributed by atoms with Crippen molar-refractivity contribution in [3.05, 3.63) is 58.3 Å². The summed E-state index contributed by atoms with van der Waals surface area (Å²) in [7, 11) is 0. The van der Waals surface area contributed by atoms with E-state index in [1.165, 1.54) is 0 Å². The van der Waals surface area contributed by atoms with Gasteiger partial charge < -0.3 is 5.32 Å². The molecule has 0 saturated carbocycles. The Morgan fingerprint density at radius 3 is 2.84 bits per heavy atom. The zero-order valence-corrected chi connectivity index (χ0v) is 12.3. The van der Waals surface area contributed by atoms with Crippen LogP contribution >= 0.6 is 15.9 Å². The number of aromatic nitrogens is 1. The minimum absolute atomic E-state index is 0.0103. The highest BCUT2D eigenvalue weighted by Gasteiger charge is 2.05. The van der Waals surface area contributed by atoms with Crippen LogP contribution in [-0.2, 0) is 11.2 Å². The molecular weight excluding hydrogens is 304 g/mol. The van der Waals surface area contributed by atoms with E-state index in [4.69, 9.17) is 0 Å². The summed E-state index contributed by atoms with van der Waals surface area (Å²) >= 11 is 3.40. The summed E-state index contributed by atoms with van der Waals surface area (Å²) < 4.78 is 1.01. The molecule has 2 rings (SSSR count). The normalized spacial score (nSPS) is 10.2. The molecule has 2 aromatic rings. The smallest absolute Gasteiger partial charge is 0.224 e. The lowest BCUT2D eigenvalue weighted by atomic mass is 10.2. The molecule has 3 nitrogen and oxygen atoms in total. The average Bonchev–Trinajstić information content (AvgIpc) is 2.41. The van der Waals surface area contributed by atoms with Crippen molar-refractivity contribution in [1.82, 2.24) is 4.98 Å². The van der Waals surface area contributed by atoms with Crippen molar-refractivity contribution in [2.75, 3.05) is 5.32 Å². The molecule has 0 spiro atoms. The molecule has 0 aliphatic rings. The summed E-state index contributed by atoms with van der Waals surface area (Å²) in [5, 5.41) is 2.92. The highest BCUT2D eigenvalue weighted by Crippen LogP contribution is 2.20. The number of hydrogen-bond donors (Lipinski definition) is 1. The van der Waals surface area contributed by atoms with Gasteiger partial charge in [0.2, 0.25) is 5.91 Å². The molecule has 1 heterocycles. The predicted molar refractivity (Wildman–Crippen MR) is 80.1 cm³/mol. The van der Waals surface area contributed by atoms with E-state index in [1.54, 1.807) is 6.20 Å². The number of aryl methyl sites for hydroxylation is 2. The number of hydrogen-bond acceptors (Lipinski definition) is 2. The van der Waals surface area contributed by atoms with Gasteiger partial charge in [0, 0.05) is 28.5 Å². The second-order valence-electron chi connectivity index (χ2n) is 4.33. The number of carbonyl (C=O) groups excluding carboxylic acids is 1. The Bertz CT molecular complexity index is 570. The molecule has 1 aromatic heterocycles. The van der Waals surface area contributed by atoms with E-state index in [9.17, 15) is 4.79 Å². The van der Waals surface area contributed by atoms with E-state index in [1.807, 2.05) is 43.3 Å². The minimum Gasteiger partial charge on any atom is -0.326 e. The first-order valence-electron chi connectivity index (χ1n) is 6.11. The molecule has 0 aliphatic heterocycles. The number of halogens is 1. The van der Waals surface area contributed by atoms with Gasteiger partial charge in [-0.15, -0.1) is 0 Å². The highest BCUT2D eigenvalue weighted by atomic mass is 79.9. The number of pyridine rings is 1. The summed E-state index contributed by atoms with van der Waals surface area (Å²) in [6.45, 7) is 1.97. The molecule has 0 atom stereocenters. The van der Waals surface area contributed by atoms with Gasteiger partial charge in [-0.25, -0.2) is 0 Å². The van der Waals surface area contributed by atoms with Crippen LogP contribution < -0.4 is 5.32 Å². The molecule has 0 bridgehead atoms. The van der Waals surface area contributed by atoms with Gasteiger partial charge in [0.05, 0.1) is 0 Å². The van der Waals surface area contributed by atoms with Gasteiger partial charge in [0.1, 0.15) is 0 Å². The molecule has 19 heavy (non-hydrogen) atoms. The quantitative estimate of drug-likeness (QED) is 0.933. The molecular formula is C15H15BrN2O. The van der Waals surface area contributed by atoms with Gasteiger partial charge in [0.25, 0.3) is 0 Å². The van der Waals surface area contributed by atoms with E-state index < -0.39 is 0 Å². The summed E-state index contributed by atoms with van der Waals surface area (Å²) in [4.78, 5) is 16.1. The number of carbonyl (C=O) groups is 1. The molecule has 0 saturated heterocycles. The number of rotatable bonds is 4. The molecule has 0 aliphatic carbocycles. The van der Waals surface area contributed by atoms with Gasteiger partial charge in [-0.05, 0) is 49.2 Å². The maximum atomic E-state index is 11.9. The zero-order chi connectivity index (χ0) is 13.7. The molecule has 1 amide bonds. The van der Waals surface area contributed by atoms with Crippen molar-refractivity contribution in [3.63, 3.8) is 0 Å². The Morgan fingerprint density at radius 2 is 2.16 bits per heavy atom. The van der Waals surface area contributed by atoms with E-state index in [0.717, 1.165) is 21.4 Å². The van der Waals surface area contributed by atoms with Crippen LogP contribution in [0.4, 0.5) is 5.69 Å². The fourth-order valence-electron chi connectivity index (χ4n) is 1.77. The number of nitrogens with zero attached hydrogens (tertiary/aromatic N) is 1. The Morgan fingerprint density at radius 1 is 1.32 bits per heavy atom. The maximum Gasteiger partial charge on any atom is 0.224 e. The summed E-state index contributed by atoms with van der Waals surface area (Å²) in [5.41, 5.74) is 2.83. The van der Waals surface area contributed by atoms with E-state index >= 15 is 0 Å². The monoisotopic (exact) mass is 318 g/mol. The van der Waals surface area contributed by atoms with Crippen LogP contribution in [0.1, 0.15) is 17.7 Å². The third-order valence-electron chi connectivity index (χ3n) is 2.80. The first-order chi connectivity index (χ1) is 9.15. The topological polar surface area (TPSA) is 42.0 Å². The standard InChI is InChI=1S/C15H15BrN2O/c1-11-10-12(16)5-7-14(11)18-15(19)8-6-13-4-2-3-9-17-13/h2-5,7,9-10H,6,8H2,1H3,(H,18,19). The predicted octanol–water partition coefficient (Wildman–Crippen LogP) is 3.72. The molecule has 1 aromatic carbocycles.